The molecule has 5 heteroatoms. The molecule has 0 fully saturated rings. The van der Waals surface area contributed by atoms with Crippen LogP contribution in [0.3, 0.4) is 0 Å². The second kappa shape index (κ2) is 7.58. The number of benzene rings is 3. The van der Waals surface area contributed by atoms with Gasteiger partial charge in [-0.3, -0.25) is 4.79 Å². The summed E-state index contributed by atoms with van der Waals surface area (Å²) < 4.78 is 21.4. The lowest BCUT2D eigenvalue weighted by molar-refractivity contribution is 0.103. The van der Waals surface area contributed by atoms with Gasteiger partial charge in [0.15, 0.2) is 17.3 Å². The number of hydrogen-bond acceptors (Lipinski definition) is 5. The summed E-state index contributed by atoms with van der Waals surface area (Å²) in [7, 11) is 6.21. The van der Waals surface area contributed by atoms with Gasteiger partial charge in [-0.1, -0.05) is 12.1 Å². The largest absolute Gasteiger partial charge is 0.497 e. The van der Waals surface area contributed by atoms with E-state index >= 15 is 0 Å². The Kier molecular flexibility index (Phi) is 5.21. The Hall–Kier alpha value is -3.21. The third kappa shape index (κ3) is 3.28. The van der Waals surface area contributed by atoms with Crippen LogP contribution in [0.25, 0.3) is 10.8 Å². The lowest BCUT2D eigenvalue weighted by Crippen LogP contribution is -2.07. The Morgan fingerprint density at radius 3 is 2.00 bits per heavy atom. The first-order chi connectivity index (χ1) is 13.0. The van der Waals surface area contributed by atoms with E-state index in [2.05, 4.69) is 0 Å². The normalized spacial score (nSPS) is 10.6. The molecule has 0 N–H and O–H groups in total. The van der Waals surface area contributed by atoms with E-state index < -0.39 is 0 Å². The fourth-order valence-electron chi connectivity index (χ4n) is 3.20. The molecule has 0 aromatic heterocycles. The quantitative estimate of drug-likeness (QED) is 0.605. The summed E-state index contributed by atoms with van der Waals surface area (Å²) in [5.74, 6) is 1.98. The van der Waals surface area contributed by atoms with Crippen molar-refractivity contribution in [3.8, 4) is 23.0 Å². The molecule has 0 saturated heterocycles. The molecule has 5 nitrogen and oxygen atoms in total. The van der Waals surface area contributed by atoms with Crippen LogP contribution in [0.1, 0.15) is 21.5 Å². The van der Waals surface area contributed by atoms with Gasteiger partial charge in [-0.2, -0.15) is 0 Å². The van der Waals surface area contributed by atoms with Crippen molar-refractivity contribution in [2.24, 2.45) is 0 Å². The number of rotatable bonds is 6. The number of ether oxygens (including phenoxy) is 4. The van der Waals surface area contributed by atoms with Crippen molar-refractivity contribution in [2.75, 3.05) is 28.4 Å². The van der Waals surface area contributed by atoms with E-state index in [-0.39, 0.29) is 5.78 Å². The van der Waals surface area contributed by atoms with E-state index in [4.69, 9.17) is 18.9 Å². The van der Waals surface area contributed by atoms with Gasteiger partial charge >= 0.3 is 0 Å². The Morgan fingerprint density at radius 1 is 0.778 bits per heavy atom. The molecule has 3 rings (SSSR count). The molecule has 3 aromatic carbocycles. The zero-order valence-electron chi connectivity index (χ0n) is 16.1. The van der Waals surface area contributed by atoms with Gasteiger partial charge in [0.05, 0.1) is 28.4 Å². The number of carbonyl (C=O) groups excluding carboxylic acids is 1. The monoisotopic (exact) mass is 366 g/mol. The van der Waals surface area contributed by atoms with Crippen LogP contribution in [0.5, 0.6) is 23.0 Å². The van der Waals surface area contributed by atoms with Crippen LogP contribution in [0.15, 0.2) is 42.5 Å². The van der Waals surface area contributed by atoms with Crippen molar-refractivity contribution >= 4 is 16.6 Å². The average Bonchev–Trinajstić information content (AvgIpc) is 2.71. The maximum absolute atomic E-state index is 13.4. The number of fused-ring (bicyclic) bond motifs is 1. The van der Waals surface area contributed by atoms with Crippen LogP contribution >= 0.6 is 0 Å². The highest BCUT2D eigenvalue weighted by Gasteiger charge is 2.21. The van der Waals surface area contributed by atoms with E-state index in [1.54, 1.807) is 19.2 Å². The Labute approximate surface area is 158 Å². The predicted octanol–water partition coefficient (Wildman–Crippen LogP) is 4.41. The first-order valence-corrected chi connectivity index (χ1v) is 8.46. The second-order valence-corrected chi connectivity index (χ2v) is 6.09. The molecule has 0 amide bonds. The first-order valence-electron chi connectivity index (χ1n) is 8.46. The van der Waals surface area contributed by atoms with Crippen LogP contribution in [-0.4, -0.2) is 34.2 Å². The molecule has 3 aromatic rings. The lowest BCUT2D eigenvalue weighted by atomic mass is 9.93. The molecule has 27 heavy (non-hydrogen) atoms. The van der Waals surface area contributed by atoms with Gasteiger partial charge in [0.1, 0.15) is 5.75 Å². The van der Waals surface area contributed by atoms with Crippen molar-refractivity contribution in [2.45, 2.75) is 6.92 Å². The van der Waals surface area contributed by atoms with Gasteiger partial charge in [-0.05, 0) is 53.6 Å². The van der Waals surface area contributed by atoms with Gasteiger partial charge in [0, 0.05) is 11.1 Å². The summed E-state index contributed by atoms with van der Waals surface area (Å²) in [6, 6.07) is 12.9. The minimum absolute atomic E-state index is 0.109. The molecule has 0 unspecified atom stereocenters. The summed E-state index contributed by atoms with van der Waals surface area (Å²) >= 11 is 0. The SMILES string of the molecule is COc1ccc2c(C(=O)c3cc(OC)c(OC)c(OC)c3)c(C)ccc2c1. The molecule has 140 valence electrons. The highest BCUT2D eigenvalue weighted by molar-refractivity contribution is 6.17. The number of aryl methyl sites for hydroxylation is 1. The van der Waals surface area contributed by atoms with Gasteiger partial charge in [-0.25, -0.2) is 0 Å². The van der Waals surface area contributed by atoms with E-state index in [1.165, 1.54) is 21.3 Å². The molecular weight excluding hydrogens is 344 g/mol. The maximum atomic E-state index is 13.4. The Balaban J connectivity index is 2.20. The molecule has 0 spiro atoms. The minimum Gasteiger partial charge on any atom is -0.497 e. The summed E-state index contributed by atoms with van der Waals surface area (Å²) in [6.07, 6.45) is 0. The number of ketones is 1. The number of carbonyl (C=O) groups is 1. The van der Waals surface area contributed by atoms with Crippen molar-refractivity contribution in [1.29, 1.82) is 0 Å². The smallest absolute Gasteiger partial charge is 0.203 e. The zero-order valence-corrected chi connectivity index (χ0v) is 16.1. The molecule has 0 heterocycles. The standard InChI is InChI=1S/C22H22O5/c1-13-6-7-14-10-16(24-2)8-9-17(14)20(13)21(23)15-11-18(25-3)22(27-5)19(12-15)26-4/h6-12H,1-5H3. The van der Waals surface area contributed by atoms with Crippen molar-refractivity contribution in [1.82, 2.24) is 0 Å². The molecular formula is C22H22O5. The van der Waals surface area contributed by atoms with Gasteiger partial charge in [0.25, 0.3) is 0 Å². The topological polar surface area (TPSA) is 54.0 Å². The molecule has 0 bridgehead atoms. The van der Waals surface area contributed by atoms with E-state index in [9.17, 15) is 4.79 Å². The van der Waals surface area contributed by atoms with Crippen molar-refractivity contribution in [3.05, 3.63) is 59.2 Å². The predicted molar refractivity (Wildman–Crippen MR) is 105 cm³/mol. The highest BCUT2D eigenvalue weighted by atomic mass is 16.5. The van der Waals surface area contributed by atoms with Gasteiger partial charge in [-0.15, -0.1) is 0 Å². The summed E-state index contributed by atoms with van der Waals surface area (Å²) in [6.45, 7) is 1.93. The molecule has 0 atom stereocenters. The van der Waals surface area contributed by atoms with E-state index in [1.807, 2.05) is 37.3 Å². The summed E-state index contributed by atoms with van der Waals surface area (Å²) in [5.41, 5.74) is 2.01. The van der Waals surface area contributed by atoms with Crippen LogP contribution in [0.4, 0.5) is 0 Å². The number of methoxy groups -OCH3 is 4. The maximum Gasteiger partial charge on any atom is 0.203 e. The second-order valence-electron chi connectivity index (χ2n) is 6.09. The Morgan fingerprint density at radius 2 is 1.44 bits per heavy atom. The van der Waals surface area contributed by atoms with Crippen LogP contribution in [0, 0.1) is 6.92 Å². The molecule has 0 saturated carbocycles. The van der Waals surface area contributed by atoms with Crippen LogP contribution in [-0.2, 0) is 0 Å². The van der Waals surface area contributed by atoms with Crippen LogP contribution < -0.4 is 18.9 Å². The zero-order chi connectivity index (χ0) is 19.6. The van der Waals surface area contributed by atoms with Gasteiger partial charge < -0.3 is 18.9 Å². The Bertz CT molecular complexity index is 982. The average molecular weight is 366 g/mol. The summed E-state index contributed by atoms with van der Waals surface area (Å²) in [4.78, 5) is 13.4. The third-order valence-electron chi connectivity index (χ3n) is 4.59. The summed E-state index contributed by atoms with van der Waals surface area (Å²) in [5, 5.41) is 1.81. The van der Waals surface area contributed by atoms with Crippen molar-refractivity contribution < 1.29 is 23.7 Å². The first kappa shape index (κ1) is 18.6. The molecule has 0 aliphatic heterocycles. The van der Waals surface area contributed by atoms with Gasteiger partial charge in [0.2, 0.25) is 5.75 Å². The highest BCUT2D eigenvalue weighted by Crippen LogP contribution is 2.39. The van der Waals surface area contributed by atoms with E-state index in [0.717, 1.165) is 22.1 Å². The van der Waals surface area contributed by atoms with Crippen LogP contribution in [0.2, 0.25) is 0 Å². The third-order valence-corrected chi connectivity index (χ3v) is 4.59. The lowest BCUT2D eigenvalue weighted by Gasteiger charge is -2.15. The number of hydrogen-bond donors (Lipinski definition) is 0. The minimum atomic E-state index is -0.109. The van der Waals surface area contributed by atoms with E-state index in [0.29, 0.717) is 28.4 Å². The molecule has 0 aliphatic rings. The fourth-order valence-corrected chi connectivity index (χ4v) is 3.20. The fraction of sp³-hybridized carbons (Fsp3) is 0.227. The molecule has 0 radical (unpaired) electrons. The molecule has 0 aliphatic carbocycles. The van der Waals surface area contributed by atoms with Crippen molar-refractivity contribution in [3.63, 3.8) is 0 Å².